The minimum atomic E-state index is -0.780. The lowest BCUT2D eigenvalue weighted by Gasteiger charge is -2.18. The highest BCUT2D eigenvalue weighted by Crippen LogP contribution is 2.16. The number of carbonyl (C=O) groups is 3. The molecular formula is C54H96O6. The minimum absolute atomic E-state index is 0.0793. The first-order valence-corrected chi connectivity index (χ1v) is 25.7. The van der Waals surface area contributed by atoms with Gasteiger partial charge in [0.05, 0.1) is 0 Å². The Labute approximate surface area is 371 Å². The summed E-state index contributed by atoms with van der Waals surface area (Å²) in [6.07, 6.45) is 58.0. The molecule has 0 aliphatic carbocycles. The molecule has 0 saturated heterocycles. The van der Waals surface area contributed by atoms with Gasteiger partial charge in [0.15, 0.2) is 6.10 Å². The van der Waals surface area contributed by atoms with Crippen molar-refractivity contribution in [3.8, 4) is 0 Å². The van der Waals surface area contributed by atoms with Gasteiger partial charge in [0.2, 0.25) is 0 Å². The zero-order valence-electron chi connectivity index (χ0n) is 39.7. The molecule has 0 aromatic carbocycles. The number of esters is 3. The third-order valence-corrected chi connectivity index (χ3v) is 11.2. The van der Waals surface area contributed by atoms with Crippen LogP contribution in [0.3, 0.4) is 0 Å². The molecule has 0 saturated carbocycles. The maximum atomic E-state index is 12.8. The van der Waals surface area contributed by atoms with E-state index in [2.05, 4.69) is 51.2 Å². The molecule has 348 valence electrons. The SMILES string of the molecule is CC\C=C/C=C\C=C/C=C\CCCCCCCC(=O)OC(COC(=O)CCCCCCCCCCCCC)COC(=O)CCCCCCCCCCCCCCCCCC. The first kappa shape index (κ1) is 57.4. The van der Waals surface area contributed by atoms with Gasteiger partial charge in [-0.1, -0.05) is 249 Å². The third kappa shape index (κ3) is 46.4. The number of allylic oxidation sites excluding steroid dienone is 8. The number of carbonyl (C=O) groups excluding carboxylic acids is 3. The molecule has 0 heterocycles. The fourth-order valence-corrected chi connectivity index (χ4v) is 7.34. The van der Waals surface area contributed by atoms with Gasteiger partial charge in [-0.15, -0.1) is 0 Å². The van der Waals surface area contributed by atoms with Crippen molar-refractivity contribution >= 4 is 17.9 Å². The molecule has 0 aliphatic rings. The van der Waals surface area contributed by atoms with Crippen molar-refractivity contribution in [2.75, 3.05) is 13.2 Å². The highest BCUT2D eigenvalue weighted by Gasteiger charge is 2.19. The minimum Gasteiger partial charge on any atom is -0.462 e. The number of hydrogen-bond acceptors (Lipinski definition) is 6. The molecule has 0 aromatic heterocycles. The third-order valence-electron chi connectivity index (χ3n) is 11.2. The van der Waals surface area contributed by atoms with E-state index in [-0.39, 0.29) is 31.1 Å². The second-order valence-electron chi connectivity index (χ2n) is 17.2. The lowest BCUT2D eigenvalue weighted by atomic mass is 10.0. The number of unbranched alkanes of at least 4 members (excludes halogenated alkanes) is 30. The average Bonchev–Trinajstić information content (AvgIpc) is 3.24. The average molecular weight is 841 g/mol. The van der Waals surface area contributed by atoms with Gasteiger partial charge in [0.1, 0.15) is 13.2 Å². The van der Waals surface area contributed by atoms with Crippen molar-refractivity contribution in [2.24, 2.45) is 0 Å². The second-order valence-corrected chi connectivity index (χ2v) is 17.2. The van der Waals surface area contributed by atoms with Gasteiger partial charge < -0.3 is 14.2 Å². The molecule has 0 bridgehead atoms. The fourth-order valence-electron chi connectivity index (χ4n) is 7.34. The Balaban J connectivity index is 4.37. The normalized spacial score (nSPS) is 12.4. The van der Waals surface area contributed by atoms with Crippen molar-refractivity contribution < 1.29 is 28.6 Å². The summed E-state index contributed by atoms with van der Waals surface area (Å²) in [6.45, 7) is 6.49. The Morgan fingerprint density at radius 2 is 0.650 bits per heavy atom. The molecule has 6 nitrogen and oxygen atoms in total. The van der Waals surface area contributed by atoms with Crippen molar-refractivity contribution in [3.63, 3.8) is 0 Å². The van der Waals surface area contributed by atoms with E-state index in [4.69, 9.17) is 14.2 Å². The molecule has 0 radical (unpaired) electrons. The Kier molecular flexibility index (Phi) is 46.9. The lowest BCUT2D eigenvalue weighted by Crippen LogP contribution is -2.30. The van der Waals surface area contributed by atoms with Crippen LogP contribution >= 0.6 is 0 Å². The van der Waals surface area contributed by atoms with Crippen LogP contribution in [0, 0.1) is 0 Å². The summed E-state index contributed by atoms with van der Waals surface area (Å²) in [5.74, 6) is -0.894. The van der Waals surface area contributed by atoms with E-state index in [0.29, 0.717) is 19.3 Å². The van der Waals surface area contributed by atoms with E-state index in [9.17, 15) is 14.4 Å². The number of rotatable bonds is 46. The van der Waals surface area contributed by atoms with Crippen LogP contribution in [0.25, 0.3) is 0 Å². The van der Waals surface area contributed by atoms with Gasteiger partial charge in [-0.05, 0) is 38.5 Å². The summed E-state index contributed by atoms with van der Waals surface area (Å²) in [4.78, 5) is 37.9. The molecule has 0 rings (SSSR count). The van der Waals surface area contributed by atoms with Gasteiger partial charge in [-0.2, -0.15) is 0 Å². The summed E-state index contributed by atoms with van der Waals surface area (Å²) in [6, 6.07) is 0. The standard InChI is InChI=1S/C54H96O6/c1-4-7-10-13-16-19-22-24-26-28-29-32-35-38-41-44-47-53(56)59-50-51(49-58-52(55)46-43-40-37-34-31-21-18-15-12-9-6-3)60-54(57)48-45-42-39-36-33-30-27-25-23-20-17-14-11-8-5-2/h8,11,14,17,20,23,25,27,51H,4-7,9-10,12-13,15-16,18-19,21-22,24,26,28-50H2,1-3H3/b11-8-,17-14-,23-20-,27-25-. The van der Waals surface area contributed by atoms with Gasteiger partial charge in [0.25, 0.3) is 0 Å². The summed E-state index contributed by atoms with van der Waals surface area (Å²) >= 11 is 0. The van der Waals surface area contributed by atoms with Crippen LogP contribution in [0.5, 0.6) is 0 Å². The second kappa shape index (κ2) is 49.0. The van der Waals surface area contributed by atoms with Crippen LogP contribution < -0.4 is 0 Å². The topological polar surface area (TPSA) is 78.9 Å². The quantitative estimate of drug-likeness (QED) is 0.0263. The molecule has 0 amide bonds. The van der Waals surface area contributed by atoms with Gasteiger partial charge in [-0.25, -0.2) is 0 Å². The molecule has 0 fully saturated rings. The predicted octanol–water partition coefficient (Wildman–Crippen LogP) is 16.7. The van der Waals surface area contributed by atoms with Crippen LogP contribution in [0.4, 0.5) is 0 Å². The monoisotopic (exact) mass is 841 g/mol. The summed E-state index contributed by atoms with van der Waals surface area (Å²) in [5.41, 5.74) is 0. The van der Waals surface area contributed by atoms with E-state index in [1.165, 1.54) is 135 Å². The molecule has 0 aliphatic heterocycles. The maximum absolute atomic E-state index is 12.8. The fraction of sp³-hybridized carbons (Fsp3) is 0.796. The van der Waals surface area contributed by atoms with Crippen molar-refractivity contribution in [3.05, 3.63) is 48.6 Å². The van der Waals surface area contributed by atoms with Crippen LogP contribution in [-0.4, -0.2) is 37.2 Å². The largest absolute Gasteiger partial charge is 0.462 e. The van der Waals surface area contributed by atoms with E-state index < -0.39 is 6.10 Å². The summed E-state index contributed by atoms with van der Waals surface area (Å²) < 4.78 is 16.8. The molecular weight excluding hydrogens is 745 g/mol. The Bertz CT molecular complexity index is 1060. The molecule has 1 atom stereocenters. The van der Waals surface area contributed by atoms with Crippen molar-refractivity contribution in [2.45, 2.75) is 264 Å². The van der Waals surface area contributed by atoms with E-state index >= 15 is 0 Å². The maximum Gasteiger partial charge on any atom is 0.306 e. The molecule has 0 aromatic rings. The van der Waals surface area contributed by atoms with E-state index in [1.807, 2.05) is 18.2 Å². The molecule has 0 spiro atoms. The highest BCUT2D eigenvalue weighted by molar-refractivity contribution is 5.71. The summed E-state index contributed by atoms with van der Waals surface area (Å²) in [5, 5.41) is 0. The molecule has 0 N–H and O–H groups in total. The van der Waals surface area contributed by atoms with Crippen LogP contribution in [0.1, 0.15) is 258 Å². The Hall–Kier alpha value is -2.63. The first-order valence-electron chi connectivity index (χ1n) is 25.7. The summed E-state index contributed by atoms with van der Waals surface area (Å²) in [7, 11) is 0. The van der Waals surface area contributed by atoms with Crippen molar-refractivity contribution in [1.29, 1.82) is 0 Å². The smallest absolute Gasteiger partial charge is 0.306 e. The van der Waals surface area contributed by atoms with Gasteiger partial charge in [-0.3, -0.25) is 14.4 Å². The molecule has 6 heteroatoms. The zero-order valence-corrected chi connectivity index (χ0v) is 39.7. The number of ether oxygens (including phenoxy) is 3. The Morgan fingerprint density at radius 1 is 0.350 bits per heavy atom. The number of hydrogen-bond donors (Lipinski definition) is 0. The van der Waals surface area contributed by atoms with Crippen LogP contribution in [0.15, 0.2) is 48.6 Å². The predicted molar refractivity (Wildman–Crippen MR) is 256 cm³/mol. The Morgan fingerprint density at radius 3 is 1.02 bits per heavy atom. The van der Waals surface area contributed by atoms with Crippen LogP contribution in [-0.2, 0) is 28.6 Å². The highest BCUT2D eigenvalue weighted by atomic mass is 16.6. The van der Waals surface area contributed by atoms with E-state index in [1.54, 1.807) is 0 Å². The lowest BCUT2D eigenvalue weighted by molar-refractivity contribution is -0.167. The van der Waals surface area contributed by atoms with E-state index in [0.717, 1.165) is 83.5 Å². The van der Waals surface area contributed by atoms with Gasteiger partial charge >= 0.3 is 17.9 Å². The first-order chi connectivity index (χ1) is 29.5. The zero-order chi connectivity index (χ0) is 43.7. The molecule has 60 heavy (non-hydrogen) atoms. The van der Waals surface area contributed by atoms with Crippen molar-refractivity contribution in [1.82, 2.24) is 0 Å². The van der Waals surface area contributed by atoms with Gasteiger partial charge in [0, 0.05) is 19.3 Å². The van der Waals surface area contributed by atoms with Crippen LogP contribution in [0.2, 0.25) is 0 Å². The molecule has 1 unspecified atom stereocenters.